The number of esters is 4. The smallest absolute Gasteiger partial charge is 0.462 e. The van der Waals surface area contributed by atoms with Crippen molar-refractivity contribution in [1.82, 2.24) is 0 Å². The Morgan fingerprint density at radius 3 is 0.731 bits per heavy atom. The Morgan fingerprint density at radius 1 is 0.279 bits per heavy atom. The Morgan fingerprint density at radius 2 is 0.490 bits per heavy atom. The SMILES string of the molecule is CCCCCCCCCCCCCCCCCCCCCCCC(=O)O[C@H](COC(=O)CCCCCCCCCCCCCCCCC(C)CC)COP(=O)(O)OC[C@@H](O)COP(=O)(O)OC[C@@H](COC(=O)CCCCCCCCCC(C)C)OC(=O)CCCCCCCCCCCCCCCCC. The van der Waals surface area contributed by atoms with Crippen LogP contribution in [-0.2, 0) is 65.4 Å². The highest BCUT2D eigenvalue weighted by molar-refractivity contribution is 7.47. The van der Waals surface area contributed by atoms with Gasteiger partial charge in [-0.25, -0.2) is 9.13 Å². The molecule has 104 heavy (non-hydrogen) atoms. The van der Waals surface area contributed by atoms with Crippen LogP contribution in [0.4, 0.5) is 0 Å². The van der Waals surface area contributed by atoms with E-state index in [1.54, 1.807) is 0 Å². The van der Waals surface area contributed by atoms with Crippen LogP contribution < -0.4 is 0 Å². The molecule has 3 N–H and O–H groups in total. The highest BCUT2D eigenvalue weighted by atomic mass is 31.2. The Kier molecular flexibility index (Phi) is 75.0. The molecular weight excluding hydrogens is 1350 g/mol. The average Bonchev–Trinajstić information content (AvgIpc) is 0.913. The number of hydrogen-bond acceptors (Lipinski definition) is 15. The summed E-state index contributed by atoms with van der Waals surface area (Å²) in [6.45, 7) is 9.66. The average molecular weight is 1520 g/mol. The van der Waals surface area contributed by atoms with Gasteiger partial charge in [-0.1, -0.05) is 401 Å². The maximum atomic E-state index is 13.1. The summed E-state index contributed by atoms with van der Waals surface area (Å²) in [6.07, 6.45) is 68.1. The monoisotopic (exact) mass is 1520 g/mol. The Bertz CT molecular complexity index is 2000. The lowest BCUT2D eigenvalue weighted by atomic mass is 9.99. The van der Waals surface area contributed by atoms with Crippen molar-refractivity contribution in [3.63, 3.8) is 0 Å². The van der Waals surface area contributed by atoms with E-state index in [1.165, 1.54) is 263 Å². The third-order valence-corrected chi connectivity index (χ3v) is 22.2. The first-order chi connectivity index (χ1) is 50.4. The minimum atomic E-state index is -4.97. The molecule has 6 atom stereocenters. The number of carbonyl (C=O) groups is 4. The molecule has 0 spiro atoms. The van der Waals surface area contributed by atoms with Gasteiger partial charge in [-0.2, -0.15) is 0 Å². The van der Waals surface area contributed by atoms with E-state index in [9.17, 15) is 43.2 Å². The quantitative estimate of drug-likeness (QED) is 0.0222. The van der Waals surface area contributed by atoms with Crippen LogP contribution in [0.3, 0.4) is 0 Å². The van der Waals surface area contributed by atoms with Gasteiger partial charge >= 0.3 is 39.5 Å². The van der Waals surface area contributed by atoms with Crippen LogP contribution in [0.15, 0.2) is 0 Å². The van der Waals surface area contributed by atoms with Crippen molar-refractivity contribution in [1.29, 1.82) is 0 Å². The molecule has 0 aromatic rings. The molecule has 0 aromatic heterocycles. The number of carbonyl (C=O) groups excluding carboxylic acids is 4. The molecule has 0 saturated heterocycles. The number of rotatable bonds is 84. The predicted octanol–water partition coefficient (Wildman–Crippen LogP) is 25.8. The Labute approximate surface area is 638 Å². The van der Waals surface area contributed by atoms with E-state index in [4.69, 9.17) is 37.0 Å². The van der Waals surface area contributed by atoms with Gasteiger partial charge in [0.15, 0.2) is 12.2 Å². The van der Waals surface area contributed by atoms with Gasteiger partial charge in [-0.05, 0) is 37.5 Å². The number of phosphoric acid groups is 2. The fraction of sp³-hybridized carbons (Fsp3) is 0.953. The second-order valence-corrected chi connectivity index (χ2v) is 34.2. The van der Waals surface area contributed by atoms with E-state index in [1.807, 2.05) is 0 Å². The van der Waals surface area contributed by atoms with E-state index in [2.05, 4.69) is 41.5 Å². The topological polar surface area (TPSA) is 237 Å². The Hall–Kier alpha value is -1.94. The van der Waals surface area contributed by atoms with Crippen molar-refractivity contribution in [2.24, 2.45) is 11.8 Å². The maximum Gasteiger partial charge on any atom is 0.472 e. The van der Waals surface area contributed by atoms with E-state index >= 15 is 0 Å². The van der Waals surface area contributed by atoms with Crippen LogP contribution >= 0.6 is 15.6 Å². The predicted molar refractivity (Wildman–Crippen MR) is 428 cm³/mol. The normalized spacial score (nSPS) is 14.1. The van der Waals surface area contributed by atoms with Gasteiger partial charge < -0.3 is 33.8 Å². The molecular formula is C85H166O17P2. The fourth-order valence-electron chi connectivity index (χ4n) is 13.2. The summed E-state index contributed by atoms with van der Waals surface area (Å²) < 4.78 is 68.8. The fourth-order valence-corrected chi connectivity index (χ4v) is 14.8. The van der Waals surface area contributed by atoms with Crippen molar-refractivity contribution < 1.29 is 80.2 Å². The molecule has 0 amide bonds. The number of aliphatic hydroxyl groups excluding tert-OH is 1. The molecule has 0 bridgehead atoms. The number of aliphatic hydroxyl groups is 1. The molecule has 0 fully saturated rings. The number of unbranched alkanes of at least 4 members (excludes halogenated alkanes) is 53. The molecule has 0 aromatic carbocycles. The lowest BCUT2D eigenvalue weighted by Gasteiger charge is -2.21. The van der Waals surface area contributed by atoms with Gasteiger partial charge in [0, 0.05) is 25.7 Å². The van der Waals surface area contributed by atoms with Crippen molar-refractivity contribution >= 4 is 39.5 Å². The molecule has 0 aliphatic rings. The van der Waals surface area contributed by atoms with E-state index in [-0.39, 0.29) is 25.7 Å². The molecule has 0 rings (SSSR count). The molecule has 19 heteroatoms. The van der Waals surface area contributed by atoms with E-state index in [0.717, 1.165) is 102 Å². The molecule has 0 heterocycles. The first-order valence-corrected chi connectivity index (χ1v) is 47.0. The van der Waals surface area contributed by atoms with Crippen LogP contribution in [0.25, 0.3) is 0 Å². The molecule has 0 radical (unpaired) electrons. The Balaban J connectivity index is 5.23. The highest BCUT2D eigenvalue weighted by Gasteiger charge is 2.30. The van der Waals surface area contributed by atoms with Gasteiger partial charge in [-0.15, -0.1) is 0 Å². The van der Waals surface area contributed by atoms with Crippen LogP contribution in [0.1, 0.15) is 452 Å². The largest absolute Gasteiger partial charge is 0.472 e. The maximum absolute atomic E-state index is 13.1. The van der Waals surface area contributed by atoms with E-state index < -0.39 is 97.5 Å². The second-order valence-electron chi connectivity index (χ2n) is 31.3. The number of phosphoric ester groups is 2. The summed E-state index contributed by atoms with van der Waals surface area (Å²) >= 11 is 0. The molecule has 0 aliphatic heterocycles. The number of hydrogen-bond donors (Lipinski definition) is 3. The molecule has 0 aliphatic carbocycles. The van der Waals surface area contributed by atoms with Crippen LogP contribution in [0.2, 0.25) is 0 Å². The third kappa shape index (κ3) is 76.8. The second kappa shape index (κ2) is 76.4. The summed E-state index contributed by atoms with van der Waals surface area (Å²) in [5, 5.41) is 10.7. The zero-order valence-corrected chi connectivity index (χ0v) is 70.1. The molecule has 3 unspecified atom stereocenters. The molecule has 0 saturated carbocycles. The van der Waals surface area contributed by atoms with Gasteiger partial charge in [0.1, 0.15) is 19.3 Å². The lowest BCUT2D eigenvalue weighted by molar-refractivity contribution is -0.161. The zero-order valence-electron chi connectivity index (χ0n) is 68.3. The highest BCUT2D eigenvalue weighted by Crippen LogP contribution is 2.45. The van der Waals surface area contributed by atoms with Gasteiger partial charge in [0.2, 0.25) is 0 Å². The summed E-state index contributed by atoms with van der Waals surface area (Å²) in [4.78, 5) is 73.2. The third-order valence-electron chi connectivity index (χ3n) is 20.3. The minimum absolute atomic E-state index is 0.108. The minimum Gasteiger partial charge on any atom is -0.462 e. The molecule has 618 valence electrons. The first kappa shape index (κ1) is 102. The van der Waals surface area contributed by atoms with Gasteiger partial charge in [0.25, 0.3) is 0 Å². The summed E-state index contributed by atoms with van der Waals surface area (Å²) in [5.74, 6) is -0.549. The standard InChI is InChI=1S/C85H166O17P2/c1-7-10-12-14-16-18-20-22-24-25-26-27-28-29-31-37-41-45-51-58-64-70-84(89)101-80(73-95-82(87)67-61-55-49-43-39-35-33-32-34-38-42-48-54-60-66-78(6)9-3)75-99-103(91,92)97-71-79(86)72-98-104(93,94)100-76-81(74-96-83(88)68-62-56-52-46-47-53-59-65-77(4)5)102-85(90)69-63-57-50-44-40-36-30-23-21-19-17-15-13-11-8-2/h77-81,86H,7-76H2,1-6H3,(H,91,92)(H,93,94)/t78?,79-,80-,81-/m1/s1. The summed E-state index contributed by atoms with van der Waals surface area (Å²) in [6, 6.07) is 0. The van der Waals surface area contributed by atoms with Crippen LogP contribution in [0.5, 0.6) is 0 Å². The van der Waals surface area contributed by atoms with Crippen molar-refractivity contribution in [2.45, 2.75) is 471 Å². The van der Waals surface area contributed by atoms with Crippen molar-refractivity contribution in [3.8, 4) is 0 Å². The van der Waals surface area contributed by atoms with Crippen LogP contribution in [-0.4, -0.2) is 96.7 Å². The van der Waals surface area contributed by atoms with Crippen molar-refractivity contribution in [3.05, 3.63) is 0 Å². The summed E-state index contributed by atoms with van der Waals surface area (Å²) in [5.41, 5.74) is 0. The summed E-state index contributed by atoms with van der Waals surface area (Å²) in [7, 11) is -9.93. The van der Waals surface area contributed by atoms with Gasteiger partial charge in [-0.3, -0.25) is 37.3 Å². The first-order valence-electron chi connectivity index (χ1n) is 44.0. The van der Waals surface area contributed by atoms with Gasteiger partial charge in [0.05, 0.1) is 26.4 Å². The van der Waals surface area contributed by atoms with Crippen LogP contribution in [0, 0.1) is 11.8 Å². The lowest BCUT2D eigenvalue weighted by Crippen LogP contribution is -2.30. The number of ether oxygens (including phenoxy) is 4. The van der Waals surface area contributed by atoms with Crippen molar-refractivity contribution in [2.75, 3.05) is 39.6 Å². The van der Waals surface area contributed by atoms with E-state index in [0.29, 0.717) is 31.6 Å². The zero-order chi connectivity index (χ0) is 76.4. The molecule has 17 nitrogen and oxygen atoms in total.